The largest absolute Gasteiger partial charge is 0.478 e. The molecule has 0 amide bonds. The normalized spacial score (nSPS) is 18.9. The van der Waals surface area contributed by atoms with Gasteiger partial charge in [0.25, 0.3) is 0 Å². The third-order valence-corrected chi connectivity index (χ3v) is 3.10. The minimum atomic E-state index is -0.442. The van der Waals surface area contributed by atoms with Crippen molar-refractivity contribution >= 4 is 28.6 Å². The van der Waals surface area contributed by atoms with Gasteiger partial charge in [-0.2, -0.15) is 0 Å². The Hall–Kier alpha value is -0.780. The summed E-state index contributed by atoms with van der Waals surface area (Å²) in [7, 11) is 1.38. The lowest BCUT2D eigenvalue weighted by molar-refractivity contribution is -0.149. The Morgan fingerprint density at radius 1 is 1.60 bits per heavy atom. The van der Waals surface area contributed by atoms with Crippen molar-refractivity contribution in [2.75, 3.05) is 7.11 Å². The number of fused-ring (bicyclic) bond motifs is 1. The molecule has 0 fully saturated rings. The second-order valence-corrected chi connectivity index (χ2v) is 4.67. The predicted octanol–water partition coefficient (Wildman–Crippen LogP) is 2.16. The Bertz CT molecular complexity index is 389. The summed E-state index contributed by atoms with van der Waals surface area (Å²) >= 11 is 2.26. The molecule has 4 heteroatoms. The number of methoxy groups -OCH3 is 1. The highest BCUT2D eigenvalue weighted by molar-refractivity contribution is 14.1. The SMILES string of the molecule is COC(=O)C1CCc2cc(I)ccc2O1. The van der Waals surface area contributed by atoms with Gasteiger partial charge in [0.2, 0.25) is 0 Å². The van der Waals surface area contributed by atoms with Gasteiger partial charge in [0.05, 0.1) is 7.11 Å². The molecule has 2 rings (SSSR count). The zero-order valence-electron chi connectivity index (χ0n) is 8.33. The minimum Gasteiger partial charge on any atom is -0.478 e. The highest BCUT2D eigenvalue weighted by atomic mass is 127. The third kappa shape index (κ3) is 2.25. The van der Waals surface area contributed by atoms with Gasteiger partial charge >= 0.3 is 5.97 Å². The van der Waals surface area contributed by atoms with E-state index in [0.29, 0.717) is 6.42 Å². The fourth-order valence-electron chi connectivity index (χ4n) is 1.65. The van der Waals surface area contributed by atoms with Crippen LogP contribution in [-0.4, -0.2) is 19.2 Å². The van der Waals surface area contributed by atoms with E-state index in [1.165, 1.54) is 16.2 Å². The van der Waals surface area contributed by atoms with Crippen LogP contribution < -0.4 is 4.74 Å². The highest BCUT2D eigenvalue weighted by Crippen LogP contribution is 2.29. The number of ether oxygens (including phenoxy) is 2. The first-order valence-electron chi connectivity index (χ1n) is 4.73. The molecule has 3 nitrogen and oxygen atoms in total. The number of rotatable bonds is 1. The van der Waals surface area contributed by atoms with E-state index in [4.69, 9.17) is 4.74 Å². The van der Waals surface area contributed by atoms with Gasteiger partial charge < -0.3 is 9.47 Å². The molecule has 0 saturated carbocycles. The average Bonchev–Trinajstić information content (AvgIpc) is 2.27. The van der Waals surface area contributed by atoms with E-state index in [2.05, 4.69) is 33.4 Å². The van der Waals surface area contributed by atoms with Crippen LogP contribution in [0.3, 0.4) is 0 Å². The smallest absolute Gasteiger partial charge is 0.347 e. The van der Waals surface area contributed by atoms with Crippen LogP contribution in [0.2, 0.25) is 0 Å². The number of benzene rings is 1. The lowest BCUT2D eigenvalue weighted by Crippen LogP contribution is -2.32. The molecule has 1 aromatic rings. The van der Waals surface area contributed by atoms with Gasteiger partial charge in [-0.1, -0.05) is 0 Å². The van der Waals surface area contributed by atoms with E-state index in [1.54, 1.807) is 0 Å². The molecule has 1 unspecified atom stereocenters. The number of hydrogen-bond donors (Lipinski definition) is 0. The lowest BCUT2D eigenvalue weighted by atomic mass is 10.0. The maximum absolute atomic E-state index is 11.3. The van der Waals surface area contributed by atoms with Crippen LogP contribution in [0.25, 0.3) is 0 Å². The maximum Gasteiger partial charge on any atom is 0.347 e. The van der Waals surface area contributed by atoms with Gasteiger partial charge in [-0.15, -0.1) is 0 Å². The van der Waals surface area contributed by atoms with Crippen molar-refractivity contribution in [3.05, 3.63) is 27.3 Å². The molecule has 0 spiro atoms. The fraction of sp³-hybridized carbons (Fsp3) is 0.364. The molecule has 1 aliphatic heterocycles. The van der Waals surface area contributed by atoms with Crippen molar-refractivity contribution in [3.8, 4) is 5.75 Å². The maximum atomic E-state index is 11.3. The standard InChI is InChI=1S/C11H11IO3/c1-14-11(13)10-4-2-7-6-8(12)3-5-9(7)15-10/h3,5-6,10H,2,4H2,1H3. The molecule has 0 radical (unpaired) electrons. The third-order valence-electron chi connectivity index (χ3n) is 2.43. The minimum absolute atomic E-state index is 0.292. The number of aryl methyl sites for hydroxylation is 1. The topological polar surface area (TPSA) is 35.5 Å². The van der Waals surface area contributed by atoms with Crippen LogP contribution in [0.15, 0.2) is 18.2 Å². The molecular weight excluding hydrogens is 307 g/mol. The Morgan fingerprint density at radius 3 is 3.13 bits per heavy atom. The second-order valence-electron chi connectivity index (χ2n) is 3.42. The molecule has 15 heavy (non-hydrogen) atoms. The zero-order chi connectivity index (χ0) is 10.8. The molecule has 0 aliphatic carbocycles. The molecule has 1 aliphatic rings. The van der Waals surface area contributed by atoms with Crippen molar-refractivity contribution in [1.82, 2.24) is 0 Å². The summed E-state index contributed by atoms with van der Waals surface area (Å²) in [5, 5.41) is 0. The number of carbonyl (C=O) groups is 1. The van der Waals surface area contributed by atoms with Crippen LogP contribution in [-0.2, 0) is 16.0 Å². The number of halogens is 1. The van der Waals surface area contributed by atoms with Crippen LogP contribution in [0.5, 0.6) is 5.75 Å². The highest BCUT2D eigenvalue weighted by Gasteiger charge is 2.26. The van der Waals surface area contributed by atoms with Gasteiger partial charge in [0, 0.05) is 3.57 Å². The molecule has 1 heterocycles. The predicted molar refractivity (Wildman–Crippen MR) is 63.9 cm³/mol. The summed E-state index contributed by atoms with van der Waals surface area (Å²) in [4.78, 5) is 11.3. The first-order chi connectivity index (χ1) is 7.20. The summed E-state index contributed by atoms with van der Waals surface area (Å²) in [5.41, 5.74) is 1.17. The molecule has 0 bridgehead atoms. The molecule has 1 aromatic carbocycles. The van der Waals surface area contributed by atoms with Crippen molar-refractivity contribution < 1.29 is 14.3 Å². The lowest BCUT2D eigenvalue weighted by Gasteiger charge is -2.24. The van der Waals surface area contributed by atoms with Crippen LogP contribution in [0.1, 0.15) is 12.0 Å². The Kier molecular flexibility index (Phi) is 3.14. The Balaban J connectivity index is 2.20. The number of carbonyl (C=O) groups excluding carboxylic acids is 1. The van der Waals surface area contributed by atoms with E-state index < -0.39 is 6.10 Å². The van der Waals surface area contributed by atoms with Gasteiger partial charge in [-0.05, 0) is 59.2 Å². The molecular formula is C11H11IO3. The van der Waals surface area contributed by atoms with Crippen LogP contribution in [0.4, 0.5) is 0 Å². The Morgan fingerprint density at radius 2 is 2.40 bits per heavy atom. The van der Waals surface area contributed by atoms with Crippen molar-refractivity contribution in [3.63, 3.8) is 0 Å². The fourth-order valence-corrected chi connectivity index (χ4v) is 2.21. The van der Waals surface area contributed by atoms with Crippen molar-refractivity contribution in [2.45, 2.75) is 18.9 Å². The van der Waals surface area contributed by atoms with Gasteiger partial charge in [0.15, 0.2) is 6.10 Å². The molecule has 0 saturated heterocycles. The van der Waals surface area contributed by atoms with Gasteiger partial charge in [-0.3, -0.25) is 0 Å². The van der Waals surface area contributed by atoms with Crippen molar-refractivity contribution in [2.24, 2.45) is 0 Å². The summed E-state index contributed by atoms with van der Waals surface area (Å²) in [5.74, 6) is 0.510. The number of hydrogen-bond acceptors (Lipinski definition) is 3. The second kappa shape index (κ2) is 4.38. The molecule has 0 N–H and O–H groups in total. The van der Waals surface area contributed by atoms with E-state index in [1.807, 2.05) is 12.1 Å². The molecule has 80 valence electrons. The van der Waals surface area contributed by atoms with Crippen molar-refractivity contribution in [1.29, 1.82) is 0 Å². The van der Waals surface area contributed by atoms with E-state index in [-0.39, 0.29) is 5.97 Å². The summed E-state index contributed by atoms with van der Waals surface area (Å²) in [6, 6.07) is 5.97. The first-order valence-corrected chi connectivity index (χ1v) is 5.81. The van der Waals surface area contributed by atoms with E-state index in [9.17, 15) is 4.79 Å². The summed E-state index contributed by atoms with van der Waals surface area (Å²) in [6.45, 7) is 0. The first kappa shape index (κ1) is 10.7. The zero-order valence-corrected chi connectivity index (χ0v) is 10.5. The molecule has 1 atom stereocenters. The average molecular weight is 318 g/mol. The monoisotopic (exact) mass is 318 g/mol. The van der Waals surface area contributed by atoms with E-state index >= 15 is 0 Å². The van der Waals surface area contributed by atoms with Crippen LogP contribution >= 0.6 is 22.6 Å². The Labute approximate surface area is 102 Å². The van der Waals surface area contributed by atoms with Gasteiger partial charge in [-0.25, -0.2) is 4.79 Å². The van der Waals surface area contributed by atoms with Crippen LogP contribution in [0, 0.1) is 3.57 Å². The van der Waals surface area contributed by atoms with Gasteiger partial charge in [0.1, 0.15) is 5.75 Å². The summed E-state index contributed by atoms with van der Waals surface area (Å²) < 4.78 is 11.4. The quantitative estimate of drug-likeness (QED) is 0.588. The summed E-state index contributed by atoms with van der Waals surface area (Å²) in [6.07, 6.45) is 1.12. The van der Waals surface area contributed by atoms with E-state index in [0.717, 1.165) is 12.2 Å². The molecule has 0 aromatic heterocycles. The number of esters is 1.